The molecule has 3 aliphatic rings. The summed E-state index contributed by atoms with van der Waals surface area (Å²) < 4.78 is 22.7. The Morgan fingerprint density at radius 1 is 1.16 bits per heavy atom. The van der Waals surface area contributed by atoms with Crippen LogP contribution in [-0.2, 0) is 24.0 Å². The summed E-state index contributed by atoms with van der Waals surface area (Å²) in [7, 11) is 0. The van der Waals surface area contributed by atoms with Crippen LogP contribution in [0.2, 0.25) is 0 Å². The van der Waals surface area contributed by atoms with Crippen LogP contribution >= 0.6 is 0 Å². The smallest absolute Gasteiger partial charge is 0.253 e. The average Bonchev–Trinajstić information content (AvgIpc) is 3.26. The third-order valence-electron chi connectivity index (χ3n) is 6.75. The Labute approximate surface area is 186 Å². The molecule has 1 aromatic heterocycles. The van der Waals surface area contributed by atoms with Crippen molar-refractivity contribution in [1.29, 1.82) is 0 Å². The predicted octanol–water partition coefficient (Wildman–Crippen LogP) is 3.02. The van der Waals surface area contributed by atoms with Crippen molar-refractivity contribution in [3.8, 4) is 5.69 Å². The Morgan fingerprint density at radius 2 is 1.91 bits per heavy atom. The van der Waals surface area contributed by atoms with Crippen LogP contribution in [-0.4, -0.2) is 47.6 Å². The van der Waals surface area contributed by atoms with Crippen molar-refractivity contribution in [2.24, 2.45) is 11.1 Å². The third-order valence-corrected chi connectivity index (χ3v) is 6.75. The molecule has 0 atom stereocenters. The summed E-state index contributed by atoms with van der Waals surface area (Å²) in [6, 6.07) is 3.15. The maximum Gasteiger partial charge on any atom is 0.253 e. The zero-order chi connectivity index (χ0) is 22.6. The summed E-state index contributed by atoms with van der Waals surface area (Å²) in [6.45, 7) is 6.52. The highest BCUT2D eigenvalue weighted by molar-refractivity contribution is 6.01. The molecule has 0 bridgehead atoms. The zero-order valence-electron chi connectivity index (χ0n) is 18.6. The van der Waals surface area contributed by atoms with Crippen LogP contribution < -0.4 is 11.2 Å². The number of carbonyl (C=O) groups is 2. The number of aromatic nitrogens is 1. The zero-order valence-corrected chi connectivity index (χ0v) is 18.6. The van der Waals surface area contributed by atoms with Gasteiger partial charge in [-0.15, -0.1) is 0 Å². The van der Waals surface area contributed by atoms with Gasteiger partial charge in [0.05, 0.1) is 30.2 Å². The summed E-state index contributed by atoms with van der Waals surface area (Å²) in [5.41, 5.74) is 13.3. The summed E-state index contributed by atoms with van der Waals surface area (Å²) in [5.74, 6) is -1.31. The molecule has 8 heteroatoms. The van der Waals surface area contributed by atoms with E-state index in [9.17, 15) is 9.59 Å². The van der Waals surface area contributed by atoms with Crippen molar-refractivity contribution in [3.63, 3.8) is 0 Å². The first kappa shape index (κ1) is 21.2. The van der Waals surface area contributed by atoms with Crippen LogP contribution in [0.4, 0.5) is 10.1 Å². The van der Waals surface area contributed by atoms with E-state index in [1.165, 1.54) is 6.07 Å². The molecular formula is C24H29FN4O3. The maximum absolute atomic E-state index is 15.3. The Bertz CT molecular complexity index is 1120. The second kappa shape index (κ2) is 7.71. The van der Waals surface area contributed by atoms with Gasteiger partial charge >= 0.3 is 0 Å². The SMILES string of the molecule is CC1(C)CC(=O)c2c3c(n(-c4cc(F)c(C(N)=O)c(NN5CCOCC5)c4)c2C1)CCC3. The number of morpholine rings is 1. The number of nitrogens with two attached hydrogens (primary N) is 1. The maximum atomic E-state index is 15.3. The summed E-state index contributed by atoms with van der Waals surface area (Å²) in [6.07, 6.45) is 3.97. The highest BCUT2D eigenvalue weighted by Gasteiger charge is 2.39. The monoisotopic (exact) mass is 440 g/mol. The Hall–Kier alpha value is -2.71. The molecule has 32 heavy (non-hydrogen) atoms. The van der Waals surface area contributed by atoms with Gasteiger partial charge in [-0.25, -0.2) is 9.40 Å². The normalized spacial score (nSPS) is 20.2. The molecule has 0 saturated carbocycles. The number of hydrazine groups is 1. The largest absolute Gasteiger partial charge is 0.379 e. The van der Waals surface area contributed by atoms with Gasteiger partial charge in [0, 0.05) is 36.5 Å². The van der Waals surface area contributed by atoms with Gasteiger partial charge in [-0.1, -0.05) is 13.8 Å². The highest BCUT2D eigenvalue weighted by atomic mass is 19.1. The minimum atomic E-state index is -0.819. The number of amides is 1. The van der Waals surface area contributed by atoms with Gasteiger partial charge in [-0.2, -0.15) is 0 Å². The number of halogens is 1. The first-order valence-corrected chi connectivity index (χ1v) is 11.3. The molecule has 170 valence electrons. The molecule has 5 rings (SSSR count). The number of ether oxygens (including phenoxy) is 1. The molecular weight excluding hydrogens is 411 g/mol. The molecule has 2 aliphatic carbocycles. The number of primary amides is 1. The molecule has 2 heterocycles. The second-order valence-corrected chi connectivity index (χ2v) is 9.80. The highest BCUT2D eigenvalue weighted by Crippen LogP contribution is 2.43. The van der Waals surface area contributed by atoms with E-state index in [4.69, 9.17) is 10.5 Å². The lowest BCUT2D eigenvalue weighted by molar-refractivity contribution is 0.0496. The molecule has 1 saturated heterocycles. The van der Waals surface area contributed by atoms with Gasteiger partial charge < -0.3 is 20.5 Å². The van der Waals surface area contributed by atoms with Crippen LogP contribution in [0.5, 0.6) is 0 Å². The minimum absolute atomic E-state index is 0.158. The van der Waals surface area contributed by atoms with Crippen LogP contribution in [0.3, 0.4) is 0 Å². The van der Waals surface area contributed by atoms with Crippen molar-refractivity contribution in [2.75, 3.05) is 31.7 Å². The summed E-state index contributed by atoms with van der Waals surface area (Å²) in [4.78, 5) is 25.1. The second-order valence-electron chi connectivity index (χ2n) is 9.80. The minimum Gasteiger partial charge on any atom is -0.379 e. The molecule has 1 fully saturated rings. The summed E-state index contributed by atoms with van der Waals surface area (Å²) >= 11 is 0. The van der Waals surface area contributed by atoms with Gasteiger partial charge in [0.25, 0.3) is 5.91 Å². The predicted molar refractivity (Wildman–Crippen MR) is 119 cm³/mol. The molecule has 1 aromatic carbocycles. The fourth-order valence-corrected chi connectivity index (χ4v) is 5.45. The van der Waals surface area contributed by atoms with E-state index >= 15 is 4.39 Å². The number of Topliss-reactive ketones (excluding diaryl/α,β-unsaturated/α-hetero) is 1. The number of anilines is 1. The van der Waals surface area contributed by atoms with Crippen LogP contribution in [0.25, 0.3) is 5.69 Å². The fraction of sp³-hybridized carbons (Fsp3) is 0.500. The molecule has 1 amide bonds. The standard InChI is InChI=1S/C24H29FN4O3/c1-24(2)12-19-21(20(30)13-24)15-4-3-5-18(15)29(19)14-10-16(25)22(23(26)31)17(11-14)27-28-6-8-32-9-7-28/h10-11,27H,3-9,12-13H2,1-2H3,(H2,26,31). The number of hydrogen-bond donors (Lipinski definition) is 2. The van der Waals surface area contributed by atoms with Gasteiger partial charge in [0.1, 0.15) is 5.82 Å². The van der Waals surface area contributed by atoms with Gasteiger partial charge in [0.2, 0.25) is 0 Å². The van der Waals surface area contributed by atoms with E-state index in [1.807, 2.05) is 5.01 Å². The first-order chi connectivity index (χ1) is 15.2. The van der Waals surface area contributed by atoms with Crippen molar-refractivity contribution in [1.82, 2.24) is 9.58 Å². The van der Waals surface area contributed by atoms with E-state index in [-0.39, 0.29) is 16.8 Å². The third kappa shape index (κ3) is 3.51. The topological polar surface area (TPSA) is 89.6 Å². The molecule has 0 unspecified atom stereocenters. The van der Waals surface area contributed by atoms with Crippen molar-refractivity contribution in [3.05, 3.63) is 46.0 Å². The Morgan fingerprint density at radius 3 is 2.62 bits per heavy atom. The number of nitrogens with one attached hydrogen (secondary N) is 1. The summed E-state index contributed by atoms with van der Waals surface area (Å²) in [5, 5.41) is 1.90. The van der Waals surface area contributed by atoms with Gasteiger partial charge in [-0.3, -0.25) is 9.59 Å². The lowest BCUT2D eigenvalue weighted by Crippen LogP contribution is -2.40. The van der Waals surface area contributed by atoms with Crippen LogP contribution in [0.1, 0.15) is 64.4 Å². The van der Waals surface area contributed by atoms with Gasteiger partial charge in [-0.05, 0) is 48.8 Å². The number of benzene rings is 1. The molecule has 7 nitrogen and oxygen atoms in total. The molecule has 0 radical (unpaired) electrons. The first-order valence-electron chi connectivity index (χ1n) is 11.3. The van der Waals surface area contributed by atoms with Crippen molar-refractivity contribution < 1.29 is 18.7 Å². The number of nitrogens with zero attached hydrogens (tertiary/aromatic N) is 2. The number of ketones is 1. The molecule has 1 aliphatic heterocycles. The van der Waals surface area contributed by atoms with Crippen molar-refractivity contribution >= 4 is 17.4 Å². The molecule has 2 aromatic rings. The van der Waals surface area contributed by atoms with Crippen molar-refractivity contribution in [2.45, 2.75) is 46.0 Å². The Balaban J connectivity index is 1.67. The number of carbonyl (C=O) groups excluding carboxylic acids is 2. The lowest BCUT2D eigenvalue weighted by Gasteiger charge is -2.31. The number of hydrogen-bond acceptors (Lipinski definition) is 5. The van der Waals surface area contributed by atoms with E-state index in [0.29, 0.717) is 44.1 Å². The molecule has 3 N–H and O–H groups in total. The van der Waals surface area contributed by atoms with E-state index in [0.717, 1.165) is 48.2 Å². The Kier molecular flexibility index (Phi) is 5.09. The van der Waals surface area contributed by atoms with Gasteiger partial charge in [0.15, 0.2) is 5.78 Å². The van der Waals surface area contributed by atoms with E-state index in [2.05, 4.69) is 23.8 Å². The van der Waals surface area contributed by atoms with E-state index < -0.39 is 11.7 Å². The van der Waals surface area contributed by atoms with Crippen LogP contribution in [0, 0.1) is 11.2 Å². The van der Waals surface area contributed by atoms with E-state index in [1.54, 1.807) is 6.07 Å². The number of fused-ring (bicyclic) bond motifs is 3. The lowest BCUT2D eigenvalue weighted by atomic mass is 9.75. The number of rotatable bonds is 4. The van der Waals surface area contributed by atoms with Crippen LogP contribution in [0.15, 0.2) is 12.1 Å². The fourth-order valence-electron chi connectivity index (χ4n) is 5.45. The quantitative estimate of drug-likeness (QED) is 0.763. The molecule has 0 spiro atoms. The average molecular weight is 441 g/mol.